The molecule has 0 bridgehead atoms. The molecule has 0 aromatic heterocycles. The van der Waals surface area contributed by atoms with Gasteiger partial charge < -0.3 is 10.1 Å². The molecule has 0 atom stereocenters. The third-order valence-electron chi connectivity index (χ3n) is 3.72. The second kappa shape index (κ2) is 11.7. The molecule has 128 valence electrons. The van der Waals surface area contributed by atoms with Crippen LogP contribution in [0.4, 0.5) is 5.69 Å². The van der Waals surface area contributed by atoms with Crippen LogP contribution in [-0.4, -0.2) is 18.5 Å². The van der Waals surface area contributed by atoms with E-state index in [9.17, 15) is 9.59 Å². The molecule has 0 saturated heterocycles. The summed E-state index contributed by atoms with van der Waals surface area (Å²) in [4.78, 5) is 23.5. The highest BCUT2D eigenvalue weighted by Gasteiger charge is 2.08. The normalized spacial score (nSPS) is 10.3. The highest BCUT2D eigenvalue weighted by Crippen LogP contribution is 2.16. The van der Waals surface area contributed by atoms with Gasteiger partial charge in [0.15, 0.2) is 0 Å². The Morgan fingerprint density at radius 1 is 1.00 bits per heavy atom. The van der Waals surface area contributed by atoms with Gasteiger partial charge in [-0.2, -0.15) is 0 Å². The molecule has 4 heteroatoms. The molecular weight excluding hydrogens is 290 g/mol. The van der Waals surface area contributed by atoms with E-state index < -0.39 is 0 Å². The number of rotatable bonds is 11. The molecule has 1 aromatic carbocycles. The van der Waals surface area contributed by atoms with Crippen LogP contribution in [0.2, 0.25) is 0 Å². The predicted octanol–water partition coefficient (Wildman–Crippen LogP) is 4.48. The molecule has 0 aliphatic carbocycles. The molecular formula is C19H29NO3. The lowest BCUT2D eigenvalue weighted by atomic mass is 10.1. The van der Waals surface area contributed by atoms with Crippen molar-refractivity contribution in [3.8, 4) is 0 Å². The molecule has 0 unspecified atom stereocenters. The number of hydrogen-bond donors (Lipinski definition) is 1. The molecule has 0 heterocycles. The molecule has 1 rings (SSSR count). The number of benzene rings is 1. The lowest BCUT2D eigenvalue weighted by Gasteiger charge is -2.09. The Bertz CT molecular complexity index is 485. The Balaban J connectivity index is 2.17. The molecule has 1 N–H and O–H groups in total. The fourth-order valence-corrected chi connectivity index (χ4v) is 2.34. The zero-order valence-electron chi connectivity index (χ0n) is 14.4. The van der Waals surface area contributed by atoms with Crippen LogP contribution in [0.5, 0.6) is 0 Å². The average Bonchev–Trinajstić information content (AvgIpc) is 2.55. The zero-order valence-corrected chi connectivity index (χ0v) is 14.4. The summed E-state index contributed by atoms with van der Waals surface area (Å²) in [7, 11) is 0. The van der Waals surface area contributed by atoms with Gasteiger partial charge >= 0.3 is 5.97 Å². The standard InChI is InChI=1S/C19H29NO3/c1-3-5-6-9-15-23-19(22)14-10-13-18(21)20-17-12-8-7-11-16(17)4-2/h7-8,11-12H,3-6,9-10,13-15H2,1-2H3,(H,20,21). The van der Waals surface area contributed by atoms with Crippen molar-refractivity contribution in [3.63, 3.8) is 0 Å². The molecule has 4 nitrogen and oxygen atoms in total. The molecule has 23 heavy (non-hydrogen) atoms. The number of hydrogen-bond acceptors (Lipinski definition) is 3. The summed E-state index contributed by atoms with van der Waals surface area (Å²) in [6.07, 6.45) is 6.41. The Morgan fingerprint density at radius 3 is 2.52 bits per heavy atom. The monoisotopic (exact) mass is 319 g/mol. The van der Waals surface area contributed by atoms with Crippen molar-refractivity contribution in [2.24, 2.45) is 0 Å². The number of aryl methyl sites for hydroxylation is 1. The van der Waals surface area contributed by atoms with Crippen molar-refractivity contribution >= 4 is 17.6 Å². The average molecular weight is 319 g/mol. The second-order valence-corrected chi connectivity index (χ2v) is 5.69. The van der Waals surface area contributed by atoms with Crippen LogP contribution in [0.15, 0.2) is 24.3 Å². The minimum atomic E-state index is -0.205. The molecule has 0 aliphatic heterocycles. The van der Waals surface area contributed by atoms with E-state index in [-0.39, 0.29) is 11.9 Å². The van der Waals surface area contributed by atoms with Crippen LogP contribution in [0.1, 0.15) is 64.4 Å². The number of esters is 1. The number of amides is 1. The number of unbranched alkanes of at least 4 members (excludes halogenated alkanes) is 3. The van der Waals surface area contributed by atoms with Crippen molar-refractivity contribution in [2.75, 3.05) is 11.9 Å². The van der Waals surface area contributed by atoms with Gasteiger partial charge in [0.05, 0.1) is 6.61 Å². The van der Waals surface area contributed by atoms with Gasteiger partial charge in [0, 0.05) is 18.5 Å². The summed E-state index contributed by atoms with van der Waals surface area (Å²) in [5.74, 6) is -0.259. The van der Waals surface area contributed by atoms with Crippen molar-refractivity contribution in [3.05, 3.63) is 29.8 Å². The first kappa shape index (κ1) is 19.2. The Morgan fingerprint density at radius 2 is 1.78 bits per heavy atom. The quantitative estimate of drug-likeness (QED) is 0.483. The lowest BCUT2D eigenvalue weighted by Crippen LogP contribution is -2.14. The van der Waals surface area contributed by atoms with E-state index in [2.05, 4.69) is 19.2 Å². The lowest BCUT2D eigenvalue weighted by molar-refractivity contribution is -0.143. The van der Waals surface area contributed by atoms with E-state index in [0.29, 0.717) is 25.9 Å². The van der Waals surface area contributed by atoms with Crippen molar-refractivity contribution in [2.45, 2.75) is 65.2 Å². The fourth-order valence-electron chi connectivity index (χ4n) is 2.34. The molecule has 0 spiro atoms. The highest BCUT2D eigenvalue weighted by molar-refractivity contribution is 5.91. The largest absolute Gasteiger partial charge is 0.466 e. The second-order valence-electron chi connectivity index (χ2n) is 5.69. The molecule has 0 saturated carbocycles. The van der Waals surface area contributed by atoms with E-state index in [1.807, 2.05) is 24.3 Å². The first-order valence-corrected chi connectivity index (χ1v) is 8.70. The third kappa shape index (κ3) is 8.38. The highest BCUT2D eigenvalue weighted by atomic mass is 16.5. The van der Waals surface area contributed by atoms with Crippen LogP contribution >= 0.6 is 0 Å². The van der Waals surface area contributed by atoms with Crippen LogP contribution in [0, 0.1) is 0 Å². The summed E-state index contributed by atoms with van der Waals surface area (Å²) in [5, 5.41) is 2.91. The number of anilines is 1. The van der Waals surface area contributed by atoms with E-state index >= 15 is 0 Å². The maximum Gasteiger partial charge on any atom is 0.305 e. The summed E-state index contributed by atoms with van der Waals surface area (Å²) in [6, 6.07) is 7.78. The van der Waals surface area contributed by atoms with Gasteiger partial charge in [-0.15, -0.1) is 0 Å². The smallest absolute Gasteiger partial charge is 0.305 e. The molecule has 1 aromatic rings. The van der Waals surface area contributed by atoms with E-state index in [4.69, 9.17) is 4.74 Å². The van der Waals surface area contributed by atoms with Crippen LogP contribution in [-0.2, 0) is 20.7 Å². The van der Waals surface area contributed by atoms with Gasteiger partial charge in [-0.3, -0.25) is 9.59 Å². The van der Waals surface area contributed by atoms with Gasteiger partial charge in [0.25, 0.3) is 0 Å². The van der Waals surface area contributed by atoms with Crippen LogP contribution in [0.25, 0.3) is 0 Å². The minimum Gasteiger partial charge on any atom is -0.466 e. The van der Waals surface area contributed by atoms with Crippen molar-refractivity contribution in [1.82, 2.24) is 0 Å². The summed E-state index contributed by atoms with van der Waals surface area (Å²) in [6.45, 7) is 4.70. The maximum absolute atomic E-state index is 11.9. The first-order valence-electron chi connectivity index (χ1n) is 8.70. The molecule has 0 aliphatic rings. The van der Waals surface area contributed by atoms with Gasteiger partial charge in [-0.1, -0.05) is 51.3 Å². The fraction of sp³-hybridized carbons (Fsp3) is 0.579. The maximum atomic E-state index is 11.9. The predicted molar refractivity (Wildman–Crippen MR) is 93.4 cm³/mol. The van der Waals surface area contributed by atoms with E-state index in [1.165, 1.54) is 12.8 Å². The SMILES string of the molecule is CCCCCCOC(=O)CCCC(=O)Nc1ccccc1CC. The van der Waals surface area contributed by atoms with E-state index in [0.717, 1.165) is 30.5 Å². The minimum absolute atomic E-state index is 0.0540. The van der Waals surface area contributed by atoms with Crippen molar-refractivity contribution < 1.29 is 14.3 Å². The summed E-state index contributed by atoms with van der Waals surface area (Å²) < 4.78 is 5.15. The van der Waals surface area contributed by atoms with E-state index in [1.54, 1.807) is 0 Å². The number of para-hydroxylation sites is 1. The van der Waals surface area contributed by atoms with Crippen molar-refractivity contribution in [1.29, 1.82) is 0 Å². The summed E-state index contributed by atoms with van der Waals surface area (Å²) >= 11 is 0. The number of nitrogens with one attached hydrogen (secondary N) is 1. The Kier molecular flexibility index (Phi) is 9.76. The topological polar surface area (TPSA) is 55.4 Å². The van der Waals surface area contributed by atoms with Gasteiger partial charge in [-0.25, -0.2) is 0 Å². The third-order valence-corrected chi connectivity index (χ3v) is 3.72. The van der Waals surface area contributed by atoms with Gasteiger partial charge in [-0.05, 0) is 30.9 Å². The number of ether oxygens (including phenoxy) is 1. The van der Waals surface area contributed by atoms with Gasteiger partial charge in [0.1, 0.15) is 0 Å². The molecule has 0 radical (unpaired) electrons. The van der Waals surface area contributed by atoms with Crippen LogP contribution < -0.4 is 5.32 Å². The summed E-state index contributed by atoms with van der Waals surface area (Å²) in [5.41, 5.74) is 1.98. The molecule has 1 amide bonds. The first-order chi connectivity index (χ1) is 11.2. The van der Waals surface area contributed by atoms with Crippen LogP contribution in [0.3, 0.4) is 0 Å². The Hall–Kier alpha value is -1.84. The molecule has 0 fully saturated rings. The number of carbonyl (C=O) groups excluding carboxylic acids is 2. The zero-order chi connectivity index (χ0) is 16.9. The Labute approximate surface area is 139 Å². The van der Waals surface area contributed by atoms with Gasteiger partial charge in [0.2, 0.25) is 5.91 Å². The number of carbonyl (C=O) groups is 2.